The van der Waals surface area contributed by atoms with Gasteiger partial charge >= 0.3 is 12.0 Å². The van der Waals surface area contributed by atoms with E-state index in [4.69, 9.17) is 0 Å². The van der Waals surface area contributed by atoms with Crippen LogP contribution in [0.2, 0.25) is 0 Å². The van der Waals surface area contributed by atoms with Crippen LogP contribution in [0, 0.1) is 5.41 Å². The number of carbonyl (C=O) groups is 2. The van der Waals surface area contributed by atoms with E-state index in [0.29, 0.717) is 25.2 Å². The van der Waals surface area contributed by atoms with Crippen LogP contribution < -0.4 is 5.32 Å². The van der Waals surface area contributed by atoms with Gasteiger partial charge in [-0.2, -0.15) is 5.10 Å². The van der Waals surface area contributed by atoms with Crippen LogP contribution in [-0.2, 0) is 11.3 Å². The Bertz CT molecular complexity index is 482. The second-order valence-electron chi connectivity index (χ2n) is 5.59. The van der Waals surface area contributed by atoms with Crippen molar-refractivity contribution in [3.8, 4) is 0 Å². The van der Waals surface area contributed by atoms with Crippen LogP contribution in [0.4, 0.5) is 4.79 Å². The topological polar surface area (TPSA) is 111 Å². The van der Waals surface area contributed by atoms with Crippen LogP contribution in [-0.4, -0.2) is 50.8 Å². The second-order valence-corrected chi connectivity index (χ2v) is 5.59. The fourth-order valence-electron chi connectivity index (χ4n) is 2.68. The summed E-state index contributed by atoms with van der Waals surface area (Å²) < 4.78 is 0. The largest absolute Gasteiger partial charge is 0.481 e. The number of urea groups is 1. The summed E-state index contributed by atoms with van der Waals surface area (Å²) in [5.41, 5.74) is -0.818. The molecule has 21 heavy (non-hydrogen) atoms. The molecule has 8 heteroatoms. The summed E-state index contributed by atoms with van der Waals surface area (Å²) in [6.45, 7) is 0.466. The van der Waals surface area contributed by atoms with Gasteiger partial charge in [0.1, 0.15) is 12.2 Å². The van der Waals surface area contributed by atoms with Crippen LogP contribution in [0.5, 0.6) is 0 Å². The molecule has 0 aromatic carbocycles. The summed E-state index contributed by atoms with van der Waals surface area (Å²) in [5, 5.41) is 18.6. The Kier molecular flexibility index (Phi) is 4.77. The Morgan fingerprint density at radius 1 is 1.43 bits per heavy atom. The zero-order valence-corrected chi connectivity index (χ0v) is 12.1. The number of hydrogen-bond donors (Lipinski definition) is 3. The van der Waals surface area contributed by atoms with E-state index in [1.54, 1.807) is 7.05 Å². The molecule has 8 nitrogen and oxygen atoms in total. The van der Waals surface area contributed by atoms with Crippen LogP contribution in [0.15, 0.2) is 6.33 Å². The molecule has 1 aromatic heterocycles. The number of hydrogen-bond acceptors (Lipinski definition) is 4. The lowest BCUT2D eigenvalue weighted by molar-refractivity contribution is -0.150. The van der Waals surface area contributed by atoms with E-state index in [1.807, 2.05) is 0 Å². The molecule has 1 saturated carbocycles. The minimum absolute atomic E-state index is 0.169. The van der Waals surface area contributed by atoms with E-state index in [0.717, 1.165) is 19.3 Å². The number of carboxylic acid groups (broad SMARTS) is 1. The quantitative estimate of drug-likeness (QED) is 0.750. The fourth-order valence-corrected chi connectivity index (χ4v) is 2.68. The zero-order chi connectivity index (χ0) is 15.3. The predicted octanol–water partition coefficient (Wildman–Crippen LogP) is 0.981. The Hall–Kier alpha value is -2.12. The van der Waals surface area contributed by atoms with Gasteiger partial charge < -0.3 is 15.3 Å². The summed E-state index contributed by atoms with van der Waals surface area (Å²) >= 11 is 0. The lowest BCUT2D eigenvalue weighted by atomic mass is 9.74. The number of carbonyl (C=O) groups excluding carboxylic acids is 1. The van der Waals surface area contributed by atoms with E-state index in [-0.39, 0.29) is 12.6 Å². The van der Waals surface area contributed by atoms with Gasteiger partial charge in [0.05, 0.1) is 12.0 Å². The molecule has 0 saturated heterocycles. The summed E-state index contributed by atoms with van der Waals surface area (Å²) in [6, 6.07) is -0.308. The van der Waals surface area contributed by atoms with Gasteiger partial charge in [-0.3, -0.25) is 9.89 Å². The number of aromatic amines is 1. The summed E-state index contributed by atoms with van der Waals surface area (Å²) in [5.74, 6) is -0.237. The Morgan fingerprint density at radius 3 is 2.71 bits per heavy atom. The van der Waals surface area contributed by atoms with Gasteiger partial charge in [0.2, 0.25) is 0 Å². The molecule has 0 bridgehead atoms. The molecule has 0 radical (unpaired) electrons. The van der Waals surface area contributed by atoms with Crippen molar-refractivity contribution in [1.82, 2.24) is 25.4 Å². The summed E-state index contributed by atoms with van der Waals surface area (Å²) in [6.07, 6.45) is 5.48. The van der Waals surface area contributed by atoms with Crippen molar-refractivity contribution in [3.63, 3.8) is 0 Å². The molecule has 1 fully saturated rings. The number of H-pyrrole nitrogens is 1. The predicted molar refractivity (Wildman–Crippen MR) is 74.4 cm³/mol. The number of amides is 2. The number of nitrogens with zero attached hydrogens (tertiary/aromatic N) is 3. The van der Waals surface area contributed by atoms with E-state index in [1.165, 1.54) is 11.2 Å². The van der Waals surface area contributed by atoms with Gasteiger partial charge in [-0.15, -0.1) is 0 Å². The minimum atomic E-state index is -0.819. The van der Waals surface area contributed by atoms with Crippen LogP contribution in [0.3, 0.4) is 0 Å². The number of rotatable bonds is 5. The maximum atomic E-state index is 12.0. The van der Waals surface area contributed by atoms with E-state index in [2.05, 4.69) is 20.5 Å². The first-order valence-corrected chi connectivity index (χ1v) is 7.10. The van der Waals surface area contributed by atoms with Crippen molar-refractivity contribution in [3.05, 3.63) is 12.2 Å². The van der Waals surface area contributed by atoms with Crippen LogP contribution in [0.25, 0.3) is 0 Å². The number of nitrogens with one attached hydrogen (secondary N) is 2. The normalized spacial score (nSPS) is 17.2. The average Bonchev–Trinajstić information content (AvgIpc) is 2.98. The van der Waals surface area contributed by atoms with Crippen molar-refractivity contribution < 1.29 is 14.7 Å². The van der Waals surface area contributed by atoms with Gasteiger partial charge in [-0.1, -0.05) is 19.3 Å². The summed E-state index contributed by atoms with van der Waals surface area (Å²) in [4.78, 5) is 29.0. The molecule has 2 amide bonds. The second kappa shape index (κ2) is 6.55. The number of aromatic nitrogens is 3. The Morgan fingerprint density at radius 2 is 2.14 bits per heavy atom. The molecule has 0 aliphatic heterocycles. The SMILES string of the molecule is CN(Cc1ncn[nH]1)C(=O)NCC1(C(=O)O)CCCCC1. The molecule has 0 atom stereocenters. The molecule has 0 unspecified atom stereocenters. The lowest BCUT2D eigenvalue weighted by Crippen LogP contribution is -2.47. The van der Waals surface area contributed by atoms with Crippen LogP contribution in [0.1, 0.15) is 37.9 Å². The first-order chi connectivity index (χ1) is 10.0. The van der Waals surface area contributed by atoms with Crippen molar-refractivity contribution in [1.29, 1.82) is 0 Å². The molecule has 1 aliphatic rings. The molecule has 116 valence electrons. The monoisotopic (exact) mass is 295 g/mol. The highest BCUT2D eigenvalue weighted by Crippen LogP contribution is 2.36. The Balaban J connectivity index is 1.88. The maximum Gasteiger partial charge on any atom is 0.317 e. The van der Waals surface area contributed by atoms with Crippen molar-refractivity contribution >= 4 is 12.0 Å². The van der Waals surface area contributed by atoms with Crippen LogP contribution >= 0.6 is 0 Å². The molecular formula is C13H21N5O3. The maximum absolute atomic E-state index is 12.0. The third kappa shape index (κ3) is 3.71. The standard InChI is InChI=1S/C13H21N5O3/c1-18(7-10-15-9-16-17-10)12(21)14-8-13(11(19)20)5-3-2-4-6-13/h9H,2-8H2,1H3,(H,14,21)(H,19,20)(H,15,16,17). The molecule has 2 rings (SSSR count). The fraction of sp³-hybridized carbons (Fsp3) is 0.692. The van der Waals surface area contributed by atoms with Gasteiger partial charge in [-0.05, 0) is 12.8 Å². The van der Waals surface area contributed by atoms with E-state index >= 15 is 0 Å². The highest BCUT2D eigenvalue weighted by molar-refractivity contribution is 5.78. The van der Waals surface area contributed by atoms with Gasteiger partial charge in [0, 0.05) is 13.6 Å². The molecular weight excluding hydrogens is 274 g/mol. The average molecular weight is 295 g/mol. The van der Waals surface area contributed by atoms with Crippen molar-refractivity contribution in [2.45, 2.75) is 38.6 Å². The molecule has 1 aromatic rings. The number of carboxylic acids is 1. The molecule has 3 N–H and O–H groups in total. The van der Waals surface area contributed by atoms with Gasteiger partial charge in [-0.25, -0.2) is 9.78 Å². The van der Waals surface area contributed by atoms with Gasteiger partial charge in [0.15, 0.2) is 0 Å². The number of aliphatic carboxylic acids is 1. The van der Waals surface area contributed by atoms with E-state index < -0.39 is 11.4 Å². The zero-order valence-electron chi connectivity index (χ0n) is 12.1. The Labute approximate surface area is 122 Å². The summed E-state index contributed by atoms with van der Waals surface area (Å²) in [7, 11) is 1.63. The molecule has 1 heterocycles. The smallest absolute Gasteiger partial charge is 0.317 e. The first kappa shape index (κ1) is 15.3. The van der Waals surface area contributed by atoms with Crippen molar-refractivity contribution in [2.24, 2.45) is 5.41 Å². The van der Waals surface area contributed by atoms with Gasteiger partial charge in [0.25, 0.3) is 0 Å². The first-order valence-electron chi connectivity index (χ1n) is 7.10. The van der Waals surface area contributed by atoms with Crippen molar-refractivity contribution in [2.75, 3.05) is 13.6 Å². The highest BCUT2D eigenvalue weighted by Gasteiger charge is 2.39. The third-order valence-electron chi connectivity index (χ3n) is 4.04. The molecule has 1 aliphatic carbocycles. The molecule has 0 spiro atoms. The van der Waals surface area contributed by atoms with E-state index in [9.17, 15) is 14.7 Å². The highest BCUT2D eigenvalue weighted by atomic mass is 16.4. The minimum Gasteiger partial charge on any atom is -0.481 e. The third-order valence-corrected chi connectivity index (χ3v) is 4.04. The lowest BCUT2D eigenvalue weighted by Gasteiger charge is -2.33.